The summed E-state index contributed by atoms with van der Waals surface area (Å²) in [7, 11) is 0. The molecule has 27 heavy (non-hydrogen) atoms. The number of amides is 1. The van der Waals surface area contributed by atoms with Crippen molar-refractivity contribution < 1.29 is 9.21 Å². The number of nitrogens with one attached hydrogen (secondary N) is 1. The number of benzene rings is 2. The highest BCUT2D eigenvalue weighted by Crippen LogP contribution is 2.29. The molecule has 0 aliphatic heterocycles. The molecular weight excluding hydrogens is 385 g/mol. The van der Waals surface area contributed by atoms with Gasteiger partial charge in [-0.25, -0.2) is 5.43 Å². The quantitative estimate of drug-likeness (QED) is 0.485. The molecule has 1 aromatic heterocycles. The molecule has 0 fully saturated rings. The van der Waals surface area contributed by atoms with E-state index >= 15 is 0 Å². The third-order valence-corrected chi connectivity index (χ3v) is 4.46. The second-order valence-electron chi connectivity index (χ2n) is 5.54. The standard InChI is InChI=1S/C20H13Cl2N3O2/c21-17-8-6-14(10-18(17)22)19-9-7-15(27-19)12-24-25-20(26)16(11-23)13-4-2-1-3-5-13/h1-10,12,16H,(H,25,26)/b24-12-/t16-/m1/s1. The second-order valence-corrected chi connectivity index (χ2v) is 6.35. The minimum absolute atomic E-state index is 0.427. The van der Waals surface area contributed by atoms with Gasteiger partial charge in [0.25, 0.3) is 5.91 Å². The molecule has 3 aromatic rings. The van der Waals surface area contributed by atoms with E-state index in [0.29, 0.717) is 27.1 Å². The molecule has 2 aromatic carbocycles. The minimum Gasteiger partial charge on any atom is -0.455 e. The fourth-order valence-electron chi connectivity index (χ4n) is 2.38. The number of rotatable bonds is 5. The van der Waals surface area contributed by atoms with E-state index in [1.165, 1.54) is 6.21 Å². The lowest BCUT2D eigenvalue weighted by molar-refractivity contribution is -0.121. The zero-order chi connectivity index (χ0) is 19.2. The van der Waals surface area contributed by atoms with Crippen molar-refractivity contribution in [2.75, 3.05) is 0 Å². The molecule has 1 amide bonds. The first kappa shape index (κ1) is 18.7. The summed E-state index contributed by atoms with van der Waals surface area (Å²) >= 11 is 11.9. The molecule has 1 heterocycles. The number of furan rings is 1. The summed E-state index contributed by atoms with van der Waals surface area (Å²) in [6, 6.07) is 19.4. The lowest BCUT2D eigenvalue weighted by Gasteiger charge is -2.06. The summed E-state index contributed by atoms with van der Waals surface area (Å²) in [4.78, 5) is 12.2. The first-order valence-corrected chi connectivity index (χ1v) is 8.67. The van der Waals surface area contributed by atoms with E-state index in [-0.39, 0.29) is 0 Å². The Morgan fingerprint density at radius 2 is 1.89 bits per heavy atom. The van der Waals surface area contributed by atoms with Gasteiger partial charge < -0.3 is 4.42 Å². The smallest absolute Gasteiger partial charge is 0.261 e. The molecule has 1 N–H and O–H groups in total. The predicted molar refractivity (Wildman–Crippen MR) is 105 cm³/mol. The van der Waals surface area contributed by atoms with Gasteiger partial charge in [0.1, 0.15) is 11.5 Å². The van der Waals surface area contributed by atoms with Crippen LogP contribution in [-0.2, 0) is 4.79 Å². The molecule has 0 radical (unpaired) electrons. The van der Waals surface area contributed by atoms with Gasteiger partial charge in [-0.1, -0.05) is 53.5 Å². The van der Waals surface area contributed by atoms with Gasteiger partial charge in [0, 0.05) is 5.56 Å². The Morgan fingerprint density at radius 1 is 1.11 bits per heavy atom. The normalized spacial score (nSPS) is 11.9. The topological polar surface area (TPSA) is 78.4 Å². The molecule has 134 valence electrons. The van der Waals surface area contributed by atoms with Crippen LogP contribution in [0.5, 0.6) is 0 Å². The van der Waals surface area contributed by atoms with Crippen molar-refractivity contribution in [2.45, 2.75) is 5.92 Å². The van der Waals surface area contributed by atoms with E-state index in [1.807, 2.05) is 12.1 Å². The van der Waals surface area contributed by atoms with Crippen LogP contribution in [0.2, 0.25) is 10.0 Å². The van der Waals surface area contributed by atoms with Gasteiger partial charge >= 0.3 is 0 Å². The van der Waals surface area contributed by atoms with Crippen molar-refractivity contribution in [3.05, 3.63) is 82.0 Å². The van der Waals surface area contributed by atoms with Gasteiger partial charge in [-0.3, -0.25) is 4.79 Å². The number of nitrogens with zero attached hydrogens (tertiary/aromatic N) is 2. The molecule has 0 saturated carbocycles. The van der Waals surface area contributed by atoms with Crippen molar-refractivity contribution in [1.29, 1.82) is 5.26 Å². The summed E-state index contributed by atoms with van der Waals surface area (Å²) in [5, 5.41) is 14.0. The molecule has 3 rings (SSSR count). The van der Waals surface area contributed by atoms with E-state index in [2.05, 4.69) is 10.5 Å². The summed E-state index contributed by atoms with van der Waals surface area (Å²) < 4.78 is 5.65. The predicted octanol–water partition coefficient (Wildman–Crippen LogP) is 5.01. The van der Waals surface area contributed by atoms with E-state index in [0.717, 1.165) is 5.56 Å². The molecule has 0 spiro atoms. The Hall–Kier alpha value is -3.07. The van der Waals surface area contributed by atoms with Crippen LogP contribution in [0.1, 0.15) is 17.2 Å². The Balaban J connectivity index is 1.66. The Labute approximate surface area is 165 Å². The molecule has 0 aliphatic carbocycles. The van der Waals surface area contributed by atoms with Crippen molar-refractivity contribution in [3.63, 3.8) is 0 Å². The van der Waals surface area contributed by atoms with Crippen LogP contribution in [0, 0.1) is 11.3 Å². The van der Waals surface area contributed by atoms with Crippen molar-refractivity contribution >= 4 is 35.3 Å². The molecule has 0 aliphatic rings. The first-order valence-electron chi connectivity index (χ1n) is 7.91. The van der Waals surface area contributed by atoms with Gasteiger partial charge in [0.15, 0.2) is 5.92 Å². The number of hydrazone groups is 1. The van der Waals surface area contributed by atoms with Gasteiger partial charge in [-0.2, -0.15) is 10.4 Å². The fourth-order valence-corrected chi connectivity index (χ4v) is 2.68. The molecule has 0 saturated heterocycles. The van der Waals surface area contributed by atoms with Crippen LogP contribution in [0.3, 0.4) is 0 Å². The highest BCUT2D eigenvalue weighted by Gasteiger charge is 2.19. The first-order chi connectivity index (χ1) is 13.1. The van der Waals surface area contributed by atoms with E-state index < -0.39 is 11.8 Å². The third kappa shape index (κ3) is 4.56. The summed E-state index contributed by atoms with van der Waals surface area (Å²) in [5.41, 5.74) is 3.73. The third-order valence-electron chi connectivity index (χ3n) is 3.72. The van der Waals surface area contributed by atoms with Crippen LogP contribution >= 0.6 is 23.2 Å². The molecule has 1 atom stereocenters. The SMILES string of the molecule is N#C[C@@H](C(=O)N/N=C\c1ccc(-c2ccc(Cl)c(Cl)c2)o1)c1ccccc1. The molecule has 0 unspecified atom stereocenters. The van der Waals surface area contributed by atoms with E-state index in [4.69, 9.17) is 27.6 Å². The van der Waals surface area contributed by atoms with Crippen LogP contribution in [0.25, 0.3) is 11.3 Å². The number of carbonyl (C=O) groups excluding carboxylic acids is 1. The lowest BCUT2D eigenvalue weighted by Crippen LogP contribution is -2.24. The van der Waals surface area contributed by atoms with E-state index in [1.54, 1.807) is 54.6 Å². The maximum atomic E-state index is 12.2. The Bertz CT molecular complexity index is 1020. The van der Waals surface area contributed by atoms with Gasteiger partial charge in [0.05, 0.1) is 22.3 Å². The highest BCUT2D eigenvalue weighted by atomic mass is 35.5. The number of nitriles is 1. The average molecular weight is 398 g/mol. The van der Waals surface area contributed by atoms with Crippen LogP contribution in [-0.4, -0.2) is 12.1 Å². The summed E-state index contributed by atoms with van der Waals surface area (Å²) in [6.45, 7) is 0. The van der Waals surface area contributed by atoms with Crippen molar-refractivity contribution in [3.8, 4) is 17.4 Å². The lowest BCUT2D eigenvalue weighted by atomic mass is 10.0. The molecular formula is C20H13Cl2N3O2. The maximum Gasteiger partial charge on any atom is 0.261 e. The van der Waals surface area contributed by atoms with Crippen molar-refractivity contribution in [1.82, 2.24) is 5.43 Å². The van der Waals surface area contributed by atoms with Gasteiger partial charge in [-0.15, -0.1) is 0 Å². The second kappa shape index (κ2) is 8.54. The minimum atomic E-state index is -0.938. The molecule has 7 heteroatoms. The average Bonchev–Trinajstić information content (AvgIpc) is 3.14. The highest BCUT2D eigenvalue weighted by molar-refractivity contribution is 6.42. The number of hydrogen-bond acceptors (Lipinski definition) is 4. The summed E-state index contributed by atoms with van der Waals surface area (Å²) in [6.07, 6.45) is 1.36. The Kier molecular flexibility index (Phi) is 5.92. The van der Waals surface area contributed by atoms with E-state index in [9.17, 15) is 10.1 Å². The zero-order valence-electron chi connectivity index (χ0n) is 13.9. The number of halogens is 2. The zero-order valence-corrected chi connectivity index (χ0v) is 15.4. The van der Waals surface area contributed by atoms with Gasteiger partial charge in [0.2, 0.25) is 0 Å². The fraction of sp³-hybridized carbons (Fsp3) is 0.0500. The molecule has 0 bridgehead atoms. The summed E-state index contributed by atoms with van der Waals surface area (Å²) in [5.74, 6) is -0.437. The van der Waals surface area contributed by atoms with Crippen LogP contribution in [0.15, 0.2) is 70.2 Å². The number of hydrogen-bond donors (Lipinski definition) is 1. The monoisotopic (exact) mass is 397 g/mol. The Morgan fingerprint density at radius 3 is 2.59 bits per heavy atom. The maximum absolute atomic E-state index is 12.2. The largest absolute Gasteiger partial charge is 0.455 e. The van der Waals surface area contributed by atoms with Crippen LogP contribution in [0.4, 0.5) is 0 Å². The number of carbonyl (C=O) groups is 1. The van der Waals surface area contributed by atoms with Crippen LogP contribution < -0.4 is 5.43 Å². The molecule has 5 nitrogen and oxygen atoms in total. The van der Waals surface area contributed by atoms with Gasteiger partial charge in [-0.05, 0) is 35.9 Å². The van der Waals surface area contributed by atoms with Crippen molar-refractivity contribution in [2.24, 2.45) is 5.10 Å².